The first-order chi connectivity index (χ1) is 9.31. The van der Waals surface area contributed by atoms with Crippen LogP contribution >= 0.6 is 11.8 Å². The van der Waals surface area contributed by atoms with E-state index < -0.39 is 0 Å². The van der Waals surface area contributed by atoms with Crippen LogP contribution in [-0.2, 0) is 0 Å². The summed E-state index contributed by atoms with van der Waals surface area (Å²) in [4.78, 5) is 0. The van der Waals surface area contributed by atoms with Crippen molar-refractivity contribution in [1.82, 2.24) is 0 Å². The van der Waals surface area contributed by atoms with Gasteiger partial charge in [0, 0.05) is 11.8 Å². The number of hydrogen-bond acceptors (Lipinski definition) is 4. The molecule has 0 spiro atoms. The second-order valence-corrected chi connectivity index (χ2v) is 6.34. The van der Waals surface area contributed by atoms with Crippen LogP contribution in [0.4, 0.5) is 11.4 Å². The summed E-state index contributed by atoms with van der Waals surface area (Å²) in [7, 11) is 0. The van der Waals surface area contributed by atoms with E-state index in [9.17, 15) is 0 Å². The summed E-state index contributed by atoms with van der Waals surface area (Å²) in [5.41, 5.74) is 7.88. The Kier molecular flexibility index (Phi) is 5.70. The fraction of sp³-hybridized carbons (Fsp3) is 0.600. The number of ether oxygens (including phenoxy) is 1. The van der Waals surface area contributed by atoms with E-state index in [1.54, 1.807) is 0 Å². The molecule has 3 nitrogen and oxygen atoms in total. The molecule has 0 aliphatic carbocycles. The fourth-order valence-corrected chi connectivity index (χ4v) is 3.47. The SMILES string of the molecule is CCCOc1cccc(NCC2CCCCS2)c1N. The predicted octanol–water partition coefficient (Wildman–Crippen LogP) is 3.76. The van der Waals surface area contributed by atoms with Crippen molar-refractivity contribution in [3.63, 3.8) is 0 Å². The third kappa shape index (κ3) is 4.23. The molecule has 0 bridgehead atoms. The molecule has 0 aromatic heterocycles. The van der Waals surface area contributed by atoms with Gasteiger partial charge in [-0.3, -0.25) is 0 Å². The number of thioether (sulfide) groups is 1. The maximum Gasteiger partial charge on any atom is 0.144 e. The van der Waals surface area contributed by atoms with Crippen LogP contribution in [0.2, 0.25) is 0 Å². The van der Waals surface area contributed by atoms with Gasteiger partial charge in [0.25, 0.3) is 0 Å². The summed E-state index contributed by atoms with van der Waals surface area (Å²) < 4.78 is 5.65. The normalized spacial score (nSPS) is 19.1. The maximum atomic E-state index is 6.15. The lowest BCUT2D eigenvalue weighted by molar-refractivity contribution is 0.319. The summed E-state index contributed by atoms with van der Waals surface area (Å²) in [6.45, 7) is 3.80. The third-order valence-corrected chi connectivity index (χ3v) is 4.72. The van der Waals surface area contributed by atoms with Crippen molar-refractivity contribution in [1.29, 1.82) is 0 Å². The van der Waals surface area contributed by atoms with Gasteiger partial charge in [0.2, 0.25) is 0 Å². The largest absolute Gasteiger partial charge is 0.491 e. The molecule has 1 saturated heterocycles. The zero-order valence-corrected chi connectivity index (χ0v) is 12.5. The van der Waals surface area contributed by atoms with E-state index in [4.69, 9.17) is 10.5 Å². The van der Waals surface area contributed by atoms with Gasteiger partial charge in [-0.25, -0.2) is 0 Å². The molecule has 1 aromatic rings. The van der Waals surface area contributed by atoms with Gasteiger partial charge in [0.05, 0.1) is 18.0 Å². The molecular weight excluding hydrogens is 256 g/mol. The van der Waals surface area contributed by atoms with Gasteiger partial charge < -0.3 is 15.8 Å². The van der Waals surface area contributed by atoms with Gasteiger partial charge in [0.15, 0.2) is 0 Å². The molecule has 0 radical (unpaired) electrons. The highest BCUT2D eigenvalue weighted by atomic mass is 32.2. The van der Waals surface area contributed by atoms with Crippen LogP contribution in [0.1, 0.15) is 32.6 Å². The van der Waals surface area contributed by atoms with E-state index in [1.165, 1.54) is 25.0 Å². The van der Waals surface area contributed by atoms with Crippen molar-refractivity contribution < 1.29 is 4.74 Å². The number of nitrogens with one attached hydrogen (secondary N) is 1. The molecule has 2 rings (SSSR count). The molecule has 0 amide bonds. The second kappa shape index (κ2) is 7.53. The highest BCUT2D eigenvalue weighted by molar-refractivity contribution is 7.99. The molecule has 1 fully saturated rings. The number of anilines is 2. The highest BCUT2D eigenvalue weighted by Crippen LogP contribution is 2.31. The van der Waals surface area contributed by atoms with Gasteiger partial charge >= 0.3 is 0 Å². The van der Waals surface area contributed by atoms with E-state index >= 15 is 0 Å². The van der Waals surface area contributed by atoms with Crippen molar-refractivity contribution >= 4 is 23.1 Å². The number of para-hydroxylation sites is 1. The van der Waals surface area contributed by atoms with Crippen LogP contribution in [0.5, 0.6) is 5.75 Å². The Labute approximate surface area is 120 Å². The molecule has 1 aromatic carbocycles. The smallest absolute Gasteiger partial charge is 0.144 e. The van der Waals surface area contributed by atoms with Gasteiger partial charge in [0.1, 0.15) is 5.75 Å². The van der Waals surface area contributed by atoms with Crippen LogP contribution < -0.4 is 15.8 Å². The minimum absolute atomic E-state index is 0.714. The predicted molar refractivity (Wildman–Crippen MR) is 85.2 cm³/mol. The quantitative estimate of drug-likeness (QED) is 0.779. The first-order valence-electron chi connectivity index (χ1n) is 7.18. The van der Waals surface area contributed by atoms with Crippen molar-refractivity contribution in [3.8, 4) is 5.75 Å². The van der Waals surface area contributed by atoms with Gasteiger partial charge in [-0.15, -0.1) is 0 Å². The Balaban J connectivity index is 1.91. The number of nitrogens with two attached hydrogens (primary N) is 1. The van der Waals surface area contributed by atoms with Crippen LogP contribution in [0.25, 0.3) is 0 Å². The Bertz CT molecular complexity index is 392. The van der Waals surface area contributed by atoms with Gasteiger partial charge in [-0.1, -0.05) is 19.4 Å². The number of benzene rings is 1. The Morgan fingerprint density at radius 3 is 3.05 bits per heavy atom. The van der Waals surface area contributed by atoms with Gasteiger partial charge in [-0.2, -0.15) is 11.8 Å². The minimum atomic E-state index is 0.714. The van der Waals surface area contributed by atoms with Crippen LogP contribution in [0, 0.1) is 0 Å². The van der Waals surface area contributed by atoms with Crippen molar-refractivity contribution in [2.75, 3.05) is 30.0 Å². The topological polar surface area (TPSA) is 47.3 Å². The molecule has 19 heavy (non-hydrogen) atoms. The van der Waals surface area contributed by atoms with E-state index in [1.807, 2.05) is 18.2 Å². The summed E-state index contributed by atoms with van der Waals surface area (Å²) in [6, 6.07) is 5.96. The molecule has 0 saturated carbocycles. The lowest BCUT2D eigenvalue weighted by atomic mass is 10.2. The van der Waals surface area contributed by atoms with Crippen molar-refractivity contribution in [2.24, 2.45) is 0 Å². The van der Waals surface area contributed by atoms with E-state index in [-0.39, 0.29) is 0 Å². The molecule has 1 atom stereocenters. The summed E-state index contributed by atoms with van der Waals surface area (Å²) in [5.74, 6) is 2.09. The third-order valence-electron chi connectivity index (χ3n) is 3.32. The fourth-order valence-electron chi connectivity index (χ4n) is 2.23. The van der Waals surface area contributed by atoms with Crippen LogP contribution in [0.15, 0.2) is 18.2 Å². The van der Waals surface area contributed by atoms with Crippen LogP contribution in [0.3, 0.4) is 0 Å². The number of hydrogen-bond donors (Lipinski definition) is 2. The first kappa shape index (κ1) is 14.4. The van der Waals surface area contributed by atoms with Crippen LogP contribution in [-0.4, -0.2) is 24.2 Å². The molecule has 3 N–H and O–H groups in total. The summed E-state index contributed by atoms with van der Waals surface area (Å²) in [6.07, 6.45) is 5.03. The molecule has 4 heteroatoms. The molecular formula is C15H24N2OS. The maximum absolute atomic E-state index is 6.15. The zero-order valence-electron chi connectivity index (χ0n) is 11.7. The zero-order chi connectivity index (χ0) is 13.5. The van der Waals surface area contributed by atoms with Crippen molar-refractivity contribution in [3.05, 3.63) is 18.2 Å². The lowest BCUT2D eigenvalue weighted by Crippen LogP contribution is -2.20. The van der Waals surface area contributed by atoms with E-state index in [2.05, 4.69) is 24.0 Å². The molecule has 106 valence electrons. The lowest BCUT2D eigenvalue weighted by Gasteiger charge is -2.22. The highest BCUT2D eigenvalue weighted by Gasteiger charge is 2.14. The van der Waals surface area contributed by atoms with Gasteiger partial charge in [-0.05, 0) is 37.1 Å². The molecule has 1 unspecified atom stereocenters. The average Bonchev–Trinajstić information content (AvgIpc) is 2.46. The Morgan fingerprint density at radius 2 is 2.32 bits per heavy atom. The minimum Gasteiger partial charge on any atom is -0.491 e. The van der Waals surface area contributed by atoms with E-state index in [0.717, 1.165) is 30.1 Å². The number of rotatable bonds is 6. The average molecular weight is 280 g/mol. The van der Waals surface area contributed by atoms with Crippen molar-refractivity contribution in [2.45, 2.75) is 37.9 Å². The summed E-state index contributed by atoms with van der Waals surface area (Å²) >= 11 is 2.07. The first-order valence-corrected chi connectivity index (χ1v) is 8.23. The molecule has 1 aliphatic heterocycles. The number of nitrogen functional groups attached to an aromatic ring is 1. The standard InChI is InChI=1S/C15H24N2OS/c1-2-9-18-14-8-5-7-13(15(14)16)17-11-12-6-3-4-10-19-12/h5,7-8,12,17H,2-4,6,9-11,16H2,1H3. The molecule has 1 aliphatic rings. The monoisotopic (exact) mass is 280 g/mol. The Morgan fingerprint density at radius 1 is 1.42 bits per heavy atom. The summed E-state index contributed by atoms with van der Waals surface area (Å²) in [5, 5.41) is 4.19. The van der Waals surface area contributed by atoms with E-state index in [0.29, 0.717) is 11.9 Å². The second-order valence-electron chi connectivity index (χ2n) is 4.94. The molecule has 1 heterocycles. The Hall–Kier alpha value is -1.03.